The highest BCUT2D eigenvalue weighted by Gasteiger charge is 2.56. The fraction of sp³-hybridized carbons (Fsp3) is 1.00. The van der Waals surface area contributed by atoms with Crippen LogP contribution in [0.4, 0.5) is 0 Å². The van der Waals surface area contributed by atoms with Gasteiger partial charge in [0, 0.05) is 0 Å². The lowest BCUT2D eigenvalue weighted by atomic mass is 9.79. The summed E-state index contributed by atoms with van der Waals surface area (Å²) in [5.74, 6) is 0. The molecule has 4 nitrogen and oxygen atoms in total. The highest BCUT2D eigenvalue weighted by Crippen LogP contribution is 2.40. The summed E-state index contributed by atoms with van der Waals surface area (Å²) in [6, 6.07) is 0. The molecule has 0 radical (unpaired) electrons. The van der Waals surface area contributed by atoms with Gasteiger partial charge in [-0.05, 0) is 6.42 Å². The van der Waals surface area contributed by atoms with Crippen molar-refractivity contribution in [2.75, 3.05) is 19.8 Å². The number of rotatable bonds is 1. The molecule has 0 unspecified atom stereocenters. The second-order valence-corrected chi connectivity index (χ2v) is 3.99. The molecule has 0 aliphatic carbocycles. The Morgan fingerprint density at radius 3 is 2.83 bits per heavy atom. The molecule has 2 aliphatic rings. The van der Waals surface area contributed by atoms with Crippen LogP contribution in [0.5, 0.6) is 0 Å². The van der Waals surface area contributed by atoms with E-state index in [1.54, 1.807) is 0 Å². The van der Waals surface area contributed by atoms with E-state index in [1.165, 1.54) is 0 Å². The maximum absolute atomic E-state index is 9.65. The first-order chi connectivity index (χ1) is 5.60. The third-order valence-electron chi connectivity index (χ3n) is 2.70. The first-order valence-corrected chi connectivity index (χ1v) is 4.17. The van der Waals surface area contributed by atoms with Crippen molar-refractivity contribution in [2.24, 2.45) is 0 Å². The zero-order valence-electron chi connectivity index (χ0n) is 7.12. The van der Waals surface area contributed by atoms with E-state index >= 15 is 0 Å². The van der Waals surface area contributed by atoms with Gasteiger partial charge in [-0.1, -0.05) is 0 Å². The van der Waals surface area contributed by atoms with Crippen LogP contribution in [0.15, 0.2) is 0 Å². The lowest BCUT2D eigenvalue weighted by molar-refractivity contribution is -0.207. The van der Waals surface area contributed by atoms with Gasteiger partial charge < -0.3 is 19.7 Å². The van der Waals surface area contributed by atoms with Crippen LogP contribution in [-0.2, 0) is 9.47 Å². The van der Waals surface area contributed by atoms with Gasteiger partial charge in [-0.25, -0.2) is 0 Å². The summed E-state index contributed by atoms with van der Waals surface area (Å²) in [5.41, 5.74) is -1.26. The minimum Gasteiger partial charge on any atom is -0.393 e. The van der Waals surface area contributed by atoms with Gasteiger partial charge in [-0.3, -0.25) is 0 Å². The predicted octanol–water partition coefficient (Wildman–Crippen LogP) is -2.14. The summed E-state index contributed by atoms with van der Waals surface area (Å²) in [6.07, 6.45) is -0.0527. The van der Waals surface area contributed by atoms with Gasteiger partial charge in [0.15, 0.2) is 0 Å². The standard InChI is InChI=1S/C7H13BO4/c8-7-1-5(10)6(2-9,12-7)3-11-4-7/h5,9-10H,1-4,8H2/t5-,6-,7-/m1/s1. The monoisotopic (exact) mass is 172 g/mol. The molecule has 12 heavy (non-hydrogen) atoms. The molecule has 0 aromatic heterocycles. The lowest BCUT2D eigenvalue weighted by Gasteiger charge is -2.37. The molecule has 0 spiro atoms. The predicted molar refractivity (Wildman–Crippen MR) is 43.6 cm³/mol. The zero-order chi connectivity index (χ0) is 8.82. The van der Waals surface area contributed by atoms with Crippen LogP contribution >= 0.6 is 0 Å². The number of aliphatic hydroxyl groups excluding tert-OH is 2. The quantitative estimate of drug-likeness (QED) is 0.443. The minimum atomic E-state index is -0.854. The van der Waals surface area contributed by atoms with Crippen LogP contribution in [0, 0.1) is 0 Å². The van der Waals surface area contributed by atoms with Crippen molar-refractivity contribution >= 4 is 7.85 Å². The summed E-state index contributed by atoms with van der Waals surface area (Å²) < 4.78 is 10.9. The summed E-state index contributed by atoms with van der Waals surface area (Å²) in [5, 5.41) is 18.7. The molecule has 0 amide bonds. The van der Waals surface area contributed by atoms with Crippen LogP contribution in [0.3, 0.4) is 0 Å². The van der Waals surface area contributed by atoms with Crippen molar-refractivity contribution in [2.45, 2.75) is 23.6 Å². The molecule has 2 rings (SSSR count). The molecular formula is C7H13BO4. The number of hydrogen-bond acceptors (Lipinski definition) is 4. The fourth-order valence-corrected chi connectivity index (χ4v) is 2.03. The number of ether oxygens (including phenoxy) is 2. The van der Waals surface area contributed by atoms with Crippen LogP contribution in [0.1, 0.15) is 6.42 Å². The Bertz CT molecular complexity index is 200. The van der Waals surface area contributed by atoms with Gasteiger partial charge in [-0.15, -0.1) is 0 Å². The van der Waals surface area contributed by atoms with Crippen LogP contribution in [0.25, 0.3) is 0 Å². The topological polar surface area (TPSA) is 58.9 Å². The zero-order valence-corrected chi connectivity index (χ0v) is 7.12. The molecule has 2 bridgehead atoms. The summed E-state index contributed by atoms with van der Waals surface area (Å²) >= 11 is 0. The van der Waals surface area contributed by atoms with Gasteiger partial charge in [0.05, 0.1) is 31.4 Å². The van der Waals surface area contributed by atoms with Crippen molar-refractivity contribution in [3.8, 4) is 0 Å². The summed E-state index contributed by atoms with van der Waals surface area (Å²) in [4.78, 5) is 0. The Hall–Kier alpha value is -0.0951. The van der Waals surface area contributed by atoms with Gasteiger partial charge in [0.1, 0.15) is 13.4 Å². The Morgan fingerprint density at radius 1 is 1.50 bits per heavy atom. The van der Waals surface area contributed by atoms with E-state index < -0.39 is 17.2 Å². The van der Waals surface area contributed by atoms with Crippen LogP contribution in [0.2, 0.25) is 0 Å². The minimum absolute atomic E-state index is 0.177. The van der Waals surface area contributed by atoms with Crippen molar-refractivity contribution in [1.29, 1.82) is 0 Å². The average Bonchev–Trinajstić information content (AvgIpc) is 2.19. The normalized spacial score (nSPS) is 52.7. The number of hydrogen-bond donors (Lipinski definition) is 2. The van der Waals surface area contributed by atoms with Crippen LogP contribution < -0.4 is 0 Å². The maximum atomic E-state index is 9.65. The second-order valence-electron chi connectivity index (χ2n) is 3.99. The SMILES string of the molecule is B[C@@]12COC[C@@](CO)(O1)[C@H](O)C2. The maximum Gasteiger partial charge on any atom is 0.146 e. The molecule has 0 saturated carbocycles. The summed E-state index contributed by atoms with van der Waals surface area (Å²) in [7, 11) is 1.90. The van der Waals surface area contributed by atoms with E-state index in [-0.39, 0.29) is 6.61 Å². The number of aliphatic hydroxyl groups is 2. The van der Waals surface area contributed by atoms with Crippen molar-refractivity contribution < 1.29 is 19.7 Å². The Morgan fingerprint density at radius 2 is 2.25 bits per heavy atom. The van der Waals surface area contributed by atoms with Crippen molar-refractivity contribution in [1.82, 2.24) is 0 Å². The number of fused-ring (bicyclic) bond motifs is 2. The molecule has 2 fully saturated rings. The highest BCUT2D eigenvalue weighted by atomic mass is 16.6. The first-order valence-electron chi connectivity index (χ1n) is 4.17. The van der Waals surface area contributed by atoms with Crippen LogP contribution in [-0.4, -0.2) is 55.1 Å². The van der Waals surface area contributed by atoms with Gasteiger partial charge in [0.2, 0.25) is 0 Å². The van der Waals surface area contributed by atoms with E-state index in [0.29, 0.717) is 19.6 Å². The molecule has 68 valence electrons. The van der Waals surface area contributed by atoms with E-state index in [1.807, 2.05) is 7.85 Å². The van der Waals surface area contributed by atoms with E-state index in [2.05, 4.69) is 0 Å². The molecule has 0 aromatic rings. The lowest BCUT2D eigenvalue weighted by Crippen LogP contribution is -2.53. The second kappa shape index (κ2) is 2.45. The molecule has 3 atom stereocenters. The smallest absolute Gasteiger partial charge is 0.146 e. The average molecular weight is 172 g/mol. The van der Waals surface area contributed by atoms with Gasteiger partial charge in [0.25, 0.3) is 0 Å². The highest BCUT2D eigenvalue weighted by molar-refractivity contribution is 6.15. The Balaban J connectivity index is 2.25. The van der Waals surface area contributed by atoms with E-state index in [4.69, 9.17) is 14.6 Å². The van der Waals surface area contributed by atoms with Crippen molar-refractivity contribution in [3.63, 3.8) is 0 Å². The van der Waals surface area contributed by atoms with Gasteiger partial charge in [-0.2, -0.15) is 0 Å². The molecular weight excluding hydrogens is 159 g/mol. The molecule has 0 aromatic carbocycles. The molecule has 2 saturated heterocycles. The molecule has 2 N–H and O–H groups in total. The Labute approximate surface area is 71.9 Å². The molecule has 2 heterocycles. The largest absolute Gasteiger partial charge is 0.393 e. The van der Waals surface area contributed by atoms with E-state index in [0.717, 1.165) is 0 Å². The third kappa shape index (κ3) is 1.01. The third-order valence-corrected chi connectivity index (χ3v) is 2.70. The molecule has 5 heteroatoms. The van der Waals surface area contributed by atoms with Crippen molar-refractivity contribution in [3.05, 3.63) is 0 Å². The Kier molecular flexibility index (Phi) is 1.73. The van der Waals surface area contributed by atoms with Gasteiger partial charge >= 0.3 is 0 Å². The summed E-state index contributed by atoms with van der Waals surface area (Å²) in [6.45, 7) is 0.621. The van der Waals surface area contributed by atoms with E-state index in [9.17, 15) is 5.11 Å². The molecule has 2 aliphatic heterocycles. The fourth-order valence-electron chi connectivity index (χ4n) is 2.03. The first kappa shape index (κ1) is 8.50.